The standard InChI is InChI=1S/C10H15BrN2O/c11-10-8(5-9(6-12)14-10)7-13-3-1-2-4-13/h5H,1-4,6-7,12H2. The van der Waals surface area contributed by atoms with Gasteiger partial charge in [0.05, 0.1) is 6.54 Å². The zero-order chi connectivity index (χ0) is 9.97. The Morgan fingerprint density at radius 2 is 2.14 bits per heavy atom. The molecule has 0 atom stereocenters. The molecular formula is C10H15BrN2O. The molecule has 0 bridgehead atoms. The molecule has 0 amide bonds. The minimum absolute atomic E-state index is 0.471. The maximum Gasteiger partial charge on any atom is 0.173 e. The zero-order valence-corrected chi connectivity index (χ0v) is 9.72. The van der Waals surface area contributed by atoms with E-state index < -0.39 is 0 Å². The molecule has 0 aromatic carbocycles. The summed E-state index contributed by atoms with van der Waals surface area (Å²) in [5.41, 5.74) is 6.73. The summed E-state index contributed by atoms with van der Waals surface area (Å²) in [6.07, 6.45) is 2.64. The van der Waals surface area contributed by atoms with Crippen molar-refractivity contribution < 1.29 is 4.42 Å². The number of nitrogens with two attached hydrogens (primary N) is 1. The van der Waals surface area contributed by atoms with E-state index in [4.69, 9.17) is 10.2 Å². The number of hydrogen-bond acceptors (Lipinski definition) is 3. The SMILES string of the molecule is NCc1cc(CN2CCCC2)c(Br)o1. The average molecular weight is 259 g/mol. The minimum Gasteiger partial charge on any atom is -0.453 e. The molecule has 4 heteroatoms. The van der Waals surface area contributed by atoms with Crippen molar-refractivity contribution in [1.82, 2.24) is 4.90 Å². The molecule has 1 aromatic rings. The molecule has 1 aliphatic rings. The number of nitrogens with zero attached hydrogens (tertiary/aromatic N) is 1. The van der Waals surface area contributed by atoms with Gasteiger partial charge >= 0.3 is 0 Å². The Labute approximate surface area is 92.4 Å². The molecule has 0 unspecified atom stereocenters. The van der Waals surface area contributed by atoms with E-state index >= 15 is 0 Å². The van der Waals surface area contributed by atoms with Crippen molar-refractivity contribution in [3.05, 3.63) is 22.1 Å². The first-order chi connectivity index (χ1) is 6.79. The fraction of sp³-hybridized carbons (Fsp3) is 0.600. The molecule has 78 valence electrons. The highest BCUT2D eigenvalue weighted by Crippen LogP contribution is 2.24. The Balaban J connectivity index is 2.03. The molecule has 2 rings (SSSR count). The number of hydrogen-bond donors (Lipinski definition) is 1. The second-order valence-electron chi connectivity index (χ2n) is 3.70. The Bertz CT molecular complexity index is 305. The molecule has 1 saturated heterocycles. The van der Waals surface area contributed by atoms with E-state index in [1.165, 1.54) is 31.5 Å². The lowest BCUT2D eigenvalue weighted by molar-refractivity contribution is 0.328. The van der Waals surface area contributed by atoms with E-state index in [0.29, 0.717) is 6.54 Å². The smallest absolute Gasteiger partial charge is 0.173 e. The summed E-state index contributed by atoms with van der Waals surface area (Å²) in [5.74, 6) is 0.853. The predicted molar refractivity (Wildman–Crippen MR) is 58.8 cm³/mol. The number of halogens is 1. The van der Waals surface area contributed by atoms with Gasteiger partial charge in [0, 0.05) is 12.1 Å². The van der Waals surface area contributed by atoms with Crippen LogP contribution in [0.25, 0.3) is 0 Å². The van der Waals surface area contributed by atoms with Gasteiger partial charge in [-0.15, -0.1) is 0 Å². The van der Waals surface area contributed by atoms with Gasteiger partial charge in [0.1, 0.15) is 5.76 Å². The van der Waals surface area contributed by atoms with Crippen LogP contribution in [-0.2, 0) is 13.1 Å². The van der Waals surface area contributed by atoms with Crippen molar-refractivity contribution in [2.45, 2.75) is 25.9 Å². The molecule has 0 radical (unpaired) electrons. The highest BCUT2D eigenvalue weighted by molar-refractivity contribution is 9.10. The lowest BCUT2D eigenvalue weighted by Crippen LogP contribution is -2.18. The van der Waals surface area contributed by atoms with Crippen LogP contribution in [0.3, 0.4) is 0 Å². The summed E-state index contributed by atoms with van der Waals surface area (Å²) in [5, 5.41) is 0. The molecular weight excluding hydrogens is 244 g/mol. The van der Waals surface area contributed by atoms with Crippen molar-refractivity contribution in [2.24, 2.45) is 5.73 Å². The maximum atomic E-state index is 5.51. The van der Waals surface area contributed by atoms with E-state index in [0.717, 1.165) is 17.0 Å². The predicted octanol–water partition coefficient (Wildman–Crippen LogP) is 2.10. The van der Waals surface area contributed by atoms with E-state index in [2.05, 4.69) is 20.8 Å². The summed E-state index contributed by atoms with van der Waals surface area (Å²) in [7, 11) is 0. The van der Waals surface area contributed by atoms with Crippen LogP contribution in [-0.4, -0.2) is 18.0 Å². The third-order valence-electron chi connectivity index (χ3n) is 2.60. The van der Waals surface area contributed by atoms with E-state index in [1.54, 1.807) is 0 Å². The summed E-state index contributed by atoms with van der Waals surface area (Å²) in [4.78, 5) is 2.44. The van der Waals surface area contributed by atoms with E-state index in [-0.39, 0.29) is 0 Å². The van der Waals surface area contributed by atoms with Gasteiger partial charge in [0.25, 0.3) is 0 Å². The van der Waals surface area contributed by atoms with Gasteiger partial charge in [-0.3, -0.25) is 4.90 Å². The van der Waals surface area contributed by atoms with Gasteiger partial charge in [0.15, 0.2) is 4.67 Å². The summed E-state index contributed by atoms with van der Waals surface area (Å²) in [6, 6.07) is 2.04. The van der Waals surface area contributed by atoms with Crippen molar-refractivity contribution in [3.63, 3.8) is 0 Å². The second-order valence-corrected chi connectivity index (χ2v) is 4.42. The Kier molecular flexibility index (Phi) is 3.26. The lowest BCUT2D eigenvalue weighted by Gasteiger charge is -2.12. The highest BCUT2D eigenvalue weighted by Gasteiger charge is 2.15. The quantitative estimate of drug-likeness (QED) is 0.903. The summed E-state index contributed by atoms with van der Waals surface area (Å²) >= 11 is 3.42. The van der Waals surface area contributed by atoms with Crippen molar-refractivity contribution >= 4 is 15.9 Å². The fourth-order valence-corrected chi connectivity index (χ4v) is 2.30. The first-order valence-corrected chi connectivity index (χ1v) is 5.78. The van der Waals surface area contributed by atoms with Crippen molar-refractivity contribution in [1.29, 1.82) is 0 Å². The lowest BCUT2D eigenvalue weighted by atomic mass is 10.3. The first kappa shape index (κ1) is 10.2. The number of likely N-dealkylation sites (tertiary alicyclic amines) is 1. The molecule has 2 N–H and O–H groups in total. The van der Waals surface area contributed by atoms with Crippen molar-refractivity contribution in [3.8, 4) is 0 Å². The molecule has 0 spiro atoms. The van der Waals surface area contributed by atoms with Gasteiger partial charge in [-0.05, 0) is 47.9 Å². The second kappa shape index (κ2) is 4.47. The highest BCUT2D eigenvalue weighted by atomic mass is 79.9. The van der Waals surface area contributed by atoms with Crippen molar-refractivity contribution in [2.75, 3.05) is 13.1 Å². The van der Waals surface area contributed by atoms with Crippen LogP contribution in [0.4, 0.5) is 0 Å². The Morgan fingerprint density at radius 3 is 2.71 bits per heavy atom. The van der Waals surface area contributed by atoms with Gasteiger partial charge < -0.3 is 10.2 Å². The van der Waals surface area contributed by atoms with Gasteiger partial charge in [-0.2, -0.15) is 0 Å². The van der Waals surface area contributed by atoms with E-state index in [9.17, 15) is 0 Å². The maximum absolute atomic E-state index is 5.51. The van der Waals surface area contributed by atoms with Gasteiger partial charge in [-0.25, -0.2) is 0 Å². The Hall–Kier alpha value is -0.320. The number of furan rings is 1. The molecule has 3 nitrogen and oxygen atoms in total. The molecule has 14 heavy (non-hydrogen) atoms. The van der Waals surface area contributed by atoms with Crippen LogP contribution in [0.5, 0.6) is 0 Å². The molecule has 1 fully saturated rings. The number of rotatable bonds is 3. The molecule has 1 aromatic heterocycles. The summed E-state index contributed by atoms with van der Waals surface area (Å²) in [6.45, 7) is 3.85. The average Bonchev–Trinajstić information content (AvgIpc) is 2.78. The van der Waals surface area contributed by atoms with Gasteiger partial charge in [0.2, 0.25) is 0 Å². The Morgan fingerprint density at radius 1 is 1.43 bits per heavy atom. The normalized spacial score (nSPS) is 17.9. The van der Waals surface area contributed by atoms with Crippen LogP contribution in [0.2, 0.25) is 0 Å². The zero-order valence-electron chi connectivity index (χ0n) is 8.13. The van der Waals surface area contributed by atoms with Crippen LogP contribution >= 0.6 is 15.9 Å². The van der Waals surface area contributed by atoms with Crippen LogP contribution in [0, 0.1) is 0 Å². The topological polar surface area (TPSA) is 42.4 Å². The first-order valence-electron chi connectivity index (χ1n) is 4.99. The van der Waals surface area contributed by atoms with Crippen LogP contribution in [0.1, 0.15) is 24.2 Å². The third-order valence-corrected chi connectivity index (χ3v) is 3.27. The van der Waals surface area contributed by atoms with Crippen LogP contribution < -0.4 is 5.73 Å². The third kappa shape index (κ3) is 2.19. The molecule has 0 saturated carbocycles. The monoisotopic (exact) mass is 258 g/mol. The van der Waals surface area contributed by atoms with E-state index in [1.807, 2.05) is 6.07 Å². The molecule has 1 aliphatic heterocycles. The molecule has 2 heterocycles. The van der Waals surface area contributed by atoms with Gasteiger partial charge in [-0.1, -0.05) is 0 Å². The fourth-order valence-electron chi connectivity index (χ4n) is 1.85. The summed E-state index contributed by atoms with van der Waals surface area (Å²) < 4.78 is 6.28. The molecule has 0 aliphatic carbocycles. The minimum atomic E-state index is 0.471. The van der Waals surface area contributed by atoms with Crippen LogP contribution in [0.15, 0.2) is 15.2 Å². The largest absolute Gasteiger partial charge is 0.453 e.